The van der Waals surface area contributed by atoms with Crippen LogP contribution in [0.5, 0.6) is 0 Å². The van der Waals surface area contributed by atoms with Gasteiger partial charge in [0.2, 0.25) is 0 Å². The molecule has 1 aromatic heterocycles. The van der Waals surface area contributed by atoms with E-state index in [1.165, 1.54) is 5.56 Å². The average molecular weight is 264 g/mol. The van der Waals surface area contributed by atoms with Crippen LogP contribution in [0, 0.1) is 0 Å². The zero-order valence-electron chi connectivity index (χ0n) is 10.8. The molecule has 2 rings (SSSR count). The van der Waals surface area contributed by atoms with Gasteiger partial charge in [0.05, 0.1) is 0 Å². The topological polar surface area (TPSA) is 29.9 Å². The zero-order valence-corrected chi connectivity index (χ0v) is 11.5. The molecule has 0 spiro atoms. The van der Waals surface area contributed by atoms with E-state index in [1.807, 2.05) is 25.5 Å². The minimum absolute atomic E-state index is 0.777. The first kappa shape index (κ1) is 13.1. The van der Waals surface area contributed by atoms with Gasteiger partial charge in [0.25, 0.3) is 0 Å². The third-order valence-corrected chi connectivity index (χ3v) is 3.34. The van der Waals surface area contributed by atoms with E-state index in [2.05, 4.69) is 33.9 Å². The van der Waals surface area contributed by atoms with Gasteiger partial charge in [-0.05, 0) is 31.2 Å². The highest BCUT2D eigenvalue weighted by Crippen LogP contribution is 2.20. The first-order valence-corrected chi connectivity index (χ1v) is 6.54. The van der Waals surface area contributed by atoms with Crippen LogP contribution in [0.25, 0.3) is 0 Å². The maximum atomic E-state index is 6.31. The lowest BCUT2D eigenvalue weighted by molar-refractivity contribution is 0.712. The van der Waals surface area contributed by atoms with Crippen molar-refractivity contribution in [2.75, 3.05) is 7.05 Å². The summed E-state index contributed by atoms with van der Waals surface area (Å²) in [5.41, 5.74) is 2.32. The van der Waals surface area contributed by atoms with Crippen molar-refractivity contribution in [3.8, 4) is 0 Å². The number of halogens is 1. The summed E-state index contributed by atoms with van der Waals surface area (Å²) in [5, 5.41) is 3.93. The second kappa shape index (κ2) is 6.03. The number of nitrogens with one attached hydrogen (secondary N) is 1. The Morgan fingerprint density at radius 2 is 2.22 bits per heavy atom. The molecule has 0 bridgehead atoms. The molecule has 96 valence electrons. The summed E-state index contributed by atoms with van der Waals surface area (Å²) in [6.07, 6.45) is 4.61. The SMILES string of the molecule is CCn1ccnc1Cc1ccc(CNC)cc1Cl. The lowest BCUT2D eigenvalue weighted by Gasteiger charge is -2.08. The highest BCUT2D eigenvalue weighted by molar-refractivity contribution is 6.31. The van der Waals surface area contributed by atoms with Crippen molar-refractivity contribution in [3.05, 3.63) is 52.6 Å². The Balaban J connectivity index is 2.19. The van der Waals surface area contributed by atoms with Gasteiger partial charge in [-0.2, -0.15) is 0 Å². The first-order valence-electron chi connectivity index (χ1n) is 6.16. The Hall–Kier alpha value is -1.32. The van der Waals surface area contributed by atoms with E-state index in [0.29, 0.717) is 0 Å². The van der Waals surface area contributed by atoms with E-state index in [0.717, 1.165) is 35.9 Å². The molecular weight excluding hydrogens is 246 g/mol. The van der Waals surface area contributed by atoms with Crippen LogP contribution in [0.4, 0.5) is 0 Å². The molecule has 0 aliphatic heterocycles. The van der Waals surface area contributed by atoms with Crippen LogP contribution in [0.2, 0.25) is 5.02 Å². The predicted octanol–water partition coefficient (Wildman–Crippen LogP) is 2.87. The molecule has 0 fully saturated rings. The molecule has 0 saturated heterocycles. The molecule has 0 atom stereocenters. The van der Waals surface area contributed by atoms with Gasteiger partial charge < -0.3 is 9.88 Å². The van der Waals surface area contributed by atoms with Crippen LogP contribution in [0.1, 0.15) is 23.9 Å². The van der Waals surface area contributed by atoms with Crippen LogP contribution >= 0.6 is 11.6 Å². The summed E-state index contributed by atoms with van der Waals surface area (Å²) in [7, 11) is 1.93. The van der Waals surface area contributed by atoms with E-state index in [4.69, 9.17) is 11.6 Å². The molecule has 0 aliphatic rings. The molecule has 1 N–H and O–H groups in total. The summed E-state index contributed by atoms with van der Waals surface area (Å²) < 4.78 is 2.14. The number of aromatic nitrogens is 2. The van der Waals surface area contributed by atoms with Crippen LogP contribution in [0.15, 0.2) is 30.6 Å². The van der Waals surface area contributed by atoms with E-state index < -0.39 is 0 Å². The average Bonchev–Trinajstić information content (AvgIpc) is 2.80. The fraction of sp³-hybridized carbons (Fsp3) is 0.357. The van der Waals surface area contributed by atoms with E-state index in [-0.39, 0.29) is 0 Å². The monoisotopic (exact) mass is 263 g/mol. The van der Waals surface area contributed by atoms with Crippen molar-refractivity contribution in [3.63, 3.8) is 0 Å². The molecule has 1 aromatic carbocycles. The van der Waals surface area contributed by atoms with Gasteiger partial charge in [-0.3, -0.25) is 0 Å². The van der Waals surface area contributed by atoms with Crippen molar-refractivity contribution < 1.29 is 0 Å². The first-order chi connectivity index (χ1) is 8.74. The van der Waals surface area contributed by atoms with Gasteiger partial charge in [0.15, 0.2) is 0 Å². The predicted molar refractivity (Wildman–Crippen MR) is 74.9 cm³/mol. The highest BCUT2D eigenvalue weighted by atomic mass is 35.5. The fourth-order valence-electron chi connectivity index (χ4n) is 2.01. The number of rotatable bonds is 5. The fourth-order valence-corrected chi connectivity index (χ4v) is 2.28. The number of benzene rings is 1. The van der Waals surface area contributed by atoms with Crippen LogP contribution < -0.4 is 5.32 Å². The molecular formula is C14H18ClN3. The Morgan fingerprint density at radius 3 is 2.89 bits per heavy atom. The van der Waals surface area contributed by atoms with E-state index in [1.54, 1.807) is 0 Å². The third-order valence-electron chi connectivity index (χ3n) is 2.99. The molecule has 3 nitrogen and oxygen atoms in total. The Kier molecular flexibility index (Phi) is 4.39. The molecule has 4 heteroatoms. The maximum Gasteiger partial charge on any atom is 0.113 e. The Morgan fingerprint density at radius 1 is 1.39 bits per heavy atom. The summed E-state index contributed by atoms with van der Waals surface area (Å²) >= 11 is 6.31. The number of hydrogen-bond acceptors (Lipinski definition) is 2. The molecule has 0 aliphatic carbocycles. The maximum absolute atomic E-state index is 6.31. The van der Waals surface area contributed by atoms with Gasteiger partial charge in [-0.1, -0.05) is 23.7 Å². The lowest BCUT2D eigenvalue weighted by atomic mass is 10.1. The number of imidazole rings is 1. The van der Waals surface area contributed by atoms with Gasteiger partial charge in [-0.15, -0.1) is 0 Å². The Labute approximate surface area is 113 Å². The number of nitrogens with zero attached hydrogens (tertiary/aromatic N) is 2. The quantitative estimate of drug-likeness (QED) is 0.899. The van der Waals surface area contributed by atoms with E-state index in [9.17, 15) is 0 Å². The van der Waals surface area contributed by atoms with Crippen LogP contribution in [-0.4, -0.2) is 16.6 Å². The van der Waals surface area contributed by atoms with Crippen molar-refractivity contribution in [1.29, 1.82) is 0 Å². The third kappa shape index (κ3) is 2.92. The minimum Gasteiger partial charge on any atom is -0.335 e. The lowest BCUT2D eigenvalue weighted by Crippen LogP contribution is -2.06. The van der Waals surface area contributed by atoms with Crippen molar-refractivity contribution >= 4 is 11.6 Å². The summed E-state index contributed by atoms with van der Waals surface area (Å²) in [5.74, 6) is 1.06. The van der Waals surface area contributed by atoms with Crippen molar-refractivity contribution in [1.82, 2.24) is 14.9 Å². The van der Waals surface area contributed by atoms with Gasteiger partial charge >= 0.3 is 0 Å². The van der Waals surface area contributed by atoms with Crippen LogP contribution in [-0.2, 0) is 19.5 Å². The van der Waals surface area contributed by atoms with Crippen molar-refractivity contribution in [2.24, 2.45) is 0 Å². The normalized spacial score (nSPS) is 10.8. The van der Waals surface area contributed by atoms with Gasteiger partial charge in [0, 0.05) is 36.9 Å². The molecule has 1 heterocycles. The number of hydrogen-bond donors (Lipinski definition) is 1. The smallest absolute Gasteiger partial charge is 0.113 e. The van der Waals surface area contributed by atoms with E-state index >= 15 is 0 Å². The molecule has 0 saturated carbocycles. The molecule has 0 radical (unpaired) electrons. The van der Waals surface area contributed by atoms with Gasteiger partial charge in [-0.25, -0.2) is 4.98 Å². The summed E-state index contributed by atoms with van der Waals surface area (Å²) in [6, 6.07) is 6.22. The highest BCUT2D eigenvalue weighted by Gasteiger charge is 2.07. The largest absolute Gasteiger partial charge is 0.335 e. The number of aryl methyl sites for hydroxylation is 1. The zero-order chi connectivity index (χ0) is 13.0. The molecule has 18 heavy (non-hydrogen) atoms. The summed E-state index contributed by atoms with van der Waals surface area (Å²) in [4.78, 5) is 4.37. The minimum atomic E-state index is 0.777. The Bertz CT molecular complexity index is 520. The van der Waals surface area contributed by atoms with Crippen LogP contribution in [0.3, 0.4) is 0 Å². The second-order valence-corrected chi connectivity index (χ2v) is 4.67. The standard InChI is InChI=1S/C14H18ClN3/c1-3-18-7-6-17-14(18)9-12-5-4-11(10-16-2)8-13(12)15/h4-8,16H,3,9-10H2,1-2H3. The molecule has 0 amide bonds. The van der Waals surface area contributed by atoms with Gasteiger partial charge in [0.1, 0.15) is 5.82 Å². The molecule has 2 aromatic rings. The summed E-state index contributed by atoms with van der Waals surface area (Å²) in [6.45, 7) is 3.89. The van der Waals surface area contributed by atoms with Crippen molar-refractivity contribution in [2.45, 2.75) is 26.4 Å². The molecule has 0 unspecified atom stereocenters. The second-order valence-electron chi connectivity index (χ2n) is 4.26.